The maximum Gasteiger partial charge on any atom is 0.196 e. The molecular weight excluding hydrogens is 392 g/mol. The summed E-state index contributed by atoms with van der Waals surface area (Å²) in [4.78, 5) is 18.1. The number of nitrogens with zero attached hydrogens (tertiary/aromatic N) is 3. The summed E-state index contributed by atoms with van der Waals surface area (Å²) in [5, 5.41) is 18.0. The van der Waals surface area contributed by atoms with Gasteiger partial charge in [-0.3, -0.25) is 9.69 Å². The van der Waals surface area contributed by atoms with Crippen molar-refractivity contribution in [2.75, 3.05) is 56.1 Å². The Labute approximate surface area is 181 Å². The molecule has 1 fully saturated rings. The van der Waals surface area contributed by atoms with Crippen LogP contribution in [0.4, 0.5) is 11.4 Å². The van der Waals surface area contributed by atoms with Gasteiger partial charge in [0.1, 0.15) is 5.52 Å². The highest BCUT2D eigenvalue weighted by Crippen LogP contribution is 2.45. The largest absolute Gasteiger partial charge is 0.395 e. The number of carbonyl (C=O) groups is 1. The summed E-state index contributed by atoms with van der Waals surface area (Å²) >= 11 is 0. The lowest BCUT2D eigenvalue weighted by atomic mass is 9.86. The number of fused-ring (bicyclic) bond motifs is 2. The van der Waals surface area contributed by atoms with Crippen molar-refractivity contribution in [2.45, 2.75) is 13.8 Å². The second kappa shape index (κ2) is 7.98. The molecule has 1 aromatic heterocycles. The third-order valence-electron chi connectivity index (χ3n) is 6.21. The maximum absolute atomic E-state index is 13.5. The Bertz CT molecular complexity index is 1130. The van der Waals surface area contributed by atoms with Gasteiger partial charge in [-0.25, -0.2) is 0 Å². The van der Waals surface area contributed by atoms with E-state index in [4.69, 9.17) is 4.52 Å². The number of hydrogen-bond donors (Lipinski definition) is 2. The third-order valence-corrected chi connectivity index (χ3v) is 6.21. The lowest BCUT2D eigenvalue weighted by Gasteiger charge is -2.36. The molecule has 2 N–H and O–H groups in total. The molecular formula is C24H28N4O3. The molecule has 0 spiro atoms. The number of benzene rings is 2. The number of nitrogens with one attached hydrogen (secondary N) is 1. The minimum atomic E-state index is 0.0156. The van der Waals surface area contributed by atoms with Crippen LogP contribution in [0.1, 0.15) is 29.8 Å². The molecule has 0 radical (unpaired) electrons. The average molecular weight is 421 g/mol. The van der Waals surface area contributed by atoms with Crippen molar-refractivity contribution in [3.63, 3.8) is 0 Å². The number of aromatic nitrogens is 1. The average Bonchev–Trinajstić information content (AvgIpc) is 3.22. The monoisotopic (exact) mass is 420 g/mol. The van der Waals surface area contributed by atoms with Gasteiger partial charge in [-0.15, -0.1) is 0 Å². The van der Waals surface area contributed by atoms with Crippen LogP contribution in [0.15, 0.2) is 34.9 Å². The highest BCUT2D eigenvalue weighted by atomic mass is 16.5. The first-order valence-electron chi connectivity index (χ1n) is 11.0. The van der Waals surface area contributed by atoms with Gasteiger partial charge in [0.05, 0.1) is 23.2 Å². The van der Waals surface area contributed by atoms with Gasteiger partial charge in [0.2, 0.25) is 0 Å². The van der Waals surface area contributed by atoms with Crippen LogP contribution in [0.25, 0.3) is 22.2 Å². The van der Waals surface area contributed by atoms with Gasteiger partial charge in [0.15, 0.2) is 11.5 Å². The van der Waals surface area contributed by atoms with E-state index < -0.39 is 0 Å². The number of aliphatic hydroxyl groups excluding tert-OH is 1. The molecule has 1 saturated heterocycles. The molecule has 0 bridgehead atoms. The van der Waals surface area contributed by atoms with E-state index >= 15 is 0 Å². The lowest BCUT2D eigenvalue weighted by molar-refractivity contribution is 0.104. The normalized spacial score (nSPS) is 16.3. The molecule has 2 aromatic carbocycles. The molecule has 0 atom stereocenters. The Morgan fingerprint density at radius 1 is 1.16 bits per heavy atom. The van der Waals surface area contributed by atoms with Gasteiger partial charge in [0.25, 0.3) is 0 Å². The number of piperazine rings is 1. The van der Waals surface area contributed by atoms with Crippen LogP contribution < -0.4 is 10.2 Å². The third kappa shape index (κ3) is 3.38. The fraction of sp³-hybridized carbons (Fsp3) is 0.417. The highest BCUT2D eigenvalue weighted by molar-refractivity contribution is 6.28. The number of carbonyl (C=O) groups excluding carboxylic acids is 1. The van der Waals surface area contributed by atoms with Gasteiger partial charge in [-0.2, -0.15) is 0 Å². The molecule has 1 aliphatic carbocycles. The Morgan fingerprint density at radius 2 is 1.90 bits per heavy atom. The maximum atomic E-state index is 13.5. The van der Waals surface area contributed by atoms with E-state index in [1.54, 1.807) is 0 Å². The SMILES string of the molecule is CC(C)CNc1cc(N2CCN(CCO)CC2)c2noc3c2c1C(=O)c1ccccc1-3. The summed E-state index contributed by atoms with van der Waals surface area (Å²) in [6, 6.07) is 9.66. The first-order valence-corrected chi connectivity index (χ1v) is 11.0. The molecule has 2 aliphatic rings. The van der Waals surface area contributed by atoms with Crippen molar-refractivity contribution in [3.05, 3.63) is 41.5 Å². The summed E-state index contributed by atoms with van der Waals surface area (Å²) in [5.41, 5.74) is 4.72. The van der Waals surface area contributed by atoms with Gasteiger partial charge < -0.3 is 19.8 Å². The lowest BCUT2D eigenvalue weighted by Crippen LogP contribution is -2.47. The zero-order valence-corrected chi connectivity index (χ0v) is 18.0. The van der Waals surface area contributed by atoms with Crippen molar-refractivity contribution >= 4 is 28.1 Å². The number of aliphatic hydroxyl groups is 1. The minimum Gasteiger partial charge on any atom is -0.395 e. The molecule has 31 heavy (non-hydrogen) atoms. The van der Waals surface area contributed by atoms with Crippen LogP contribution in [0.3, 0.4) is 0 Å². The molecule has 0 saturated carbocycles. The van der Waals surface area contributed by atoms with Gasteiger partial charge in [-0.1, -0.05) is 43.3 Å². The number of ketones is 1. The van der Waals surface area contributed by atoms with E-state index in [0.717, 1.165) is 60.6 Å². The highest BCUT2D eigenvalue weighted by Gasteiger charge is 2.34. The van der Waals surface area contributed by atoms with Crippen LogP contribution in [0.5, 0.6) is 0 Å². The van der Waals surface area contributed by atoms with Crippen LogP contribution in [-0.4, -0.2) is 66.8 Å². The van der Waals surface area contributed by atoms with E-state index in [0.29, 0.717) is 29.3 Å². The molecule has 7 nitrogen and oxygen atoms in total. The molecule has 0 amide bonds. The van der Waals surface area contributed by atoms with Crippen molar-refractivity contribution in [1.82, 2.24) is 10.1 Å². The quantitative estimate of drug-likeness (QED) is 0.496. The topological polar surface area (TPSA) is 81.8 Å². The Balaban J connectivity index is 1.64. The first kappa shape index (κ1) is 20.0. The van der Waals surface area contributed by atoms with Crippen LogP contribution >= 0.6 is 0 Å². The van der Waals surface area contributed by atoms with Gasteiger partial charge in [0, 0.05) is 56.1 Å². The fourth-order valence-electron chi connectivity index (χ4n) is 4.59. The second-order valence-electron chi connectivity index (χ2n) is 8.76. The number of anilines is 2. The fourth-order valence-corrected chi connectivity index (χ4v) is 4.59. The standard InChI is InChI=1S/C24H28N4O3/c1-15(2)14-25-18-13-19(28-9-7-27(8-10-28)11-12-29)22-21-20(18)23(30)16-5-3-4-6-17(16)24(21)31-26-22/h3-6,13,15,25,29H,7-12,14H2,1-2H3. The summed E-state index contributed by atoms with van der Waals surface area (Å²) in [7, 11) is 0. The first-order chi connectivity index (χ1) is 15.1. The molecule has 5 rings (SSSR count). The van der Waals surface area contributed by atoms with E-state index in [9.17, 15) is 9.90 Å². The second-order valence-corrected chi connectivity index (χ2v) is 8.76. The van der Waals surface area contributed by atoms with E-state index in [2.05, 4.69) is 40.2 Å². The smallest absolute Gasteiger partial charge is 0.196 e. The summed E-state index contributed by atoms with van der Waals surface area (Å²) in [6.07, 6.45) is 0. The Morgan fingerprint density at radius 3 is 2.61 bits per heavy atom. The summed E-state index contributed by atoms with van der Waals surface area (Å²) < 4.78 is 5.84. The van der Waals surface area contributed by atoms with Crippen molar-refractivity contribution in [2.24, 2.45) is 5.92 Å². The van der Waals surface area contributed by atoms with Crippen molar-refractivity contribution in [1.29, 1.82) is 0 Å². The Hall–Kier alpha value is -2.90. The molecule has 1 aliphatic heterocycles. The zero-order chi connectivity index (χ0) is 21.5. The molecule has 3 aromatic rings. The molecule has 2 heterocycles. The van der Waals surface area contributed by atoms with E-state index in [1.165, 1.54) is 0 Å². The zero-order valence-electron chi connectivity index (χ0n) is 18.0. The van der Waals surface area contributed by atoms with Gasteiger partial charge in [-0.05, 0) is 12.0 Å². The molecule has 7 heteroatoms. The van der Waals surface area contributed by atoms with Gasteiger partial charge >= 0.3 is 0 Å². The number of rotatable bonds is 6. The Kier molecular flexibility index (Phi) is 5.16. The molecule has 0 unspecified atom stereocenters. The van der Waals surface area contributed by atoms with Crippen molar-refractivity contribution in [3.8, 4) is 11.3 Å². The number of hydrogen-bond acceptors (Lipinski definition) is 7. The predicted octanol–water partition coefficient (Wildman–Crippen LogP) is 3.22. The number of β-amino-alcohol motifs (C(OH)–C–C–N with tert-alkyl or cyclic N) is 1. The molecule has 162 valence electrons. The van der Waals surface area contributed by atoms with Crippen LogP contribution in [0.2, 0.25) is 0 Å². The predicted molar refractivity (Wildman–Crippen MR) is 122 cm³/mol. The van der Waals surface area contributed by atoms with Crippen LogP contribution in [0, 0.1) is 5.92 Å². The van der Waals surface area contributed by atoms with Crippen LogP contribution in [-0.2, 0) is 0 Å². The van der Waals surface area contributed by atoms with Crippen molar-refractivity contribution < 1.29 is 14.4 Å². The summed E-state index contributed by atoms with van der Waals surface area (Å²) in [5.74, 6) is 1.14. The van der Waals surface area contributed by atoms with E-state index in [1.807, 2.05) is 24.3 Å². The summed E-state index contributed by atoms with van der Waals surface area (Å²) in [6.45, 7) is 9.39. The minimum absolute atomic E-state index is 0.0156. The van der Waals surface area contributed by atoms with E-state index in [-0.39, 0.29) is 12.4 Å².